The lowest BCUT2D eigenvalue weighted by atomic mass is 10.3. The Labute approximate surface area is 74.0 Å². The molecule has 0 aromatic carbocycles. The van der Waals surface area contributed by atoms with E-state index in [4.69, 9.17) is 21.5 Å². The third kappa shape index (κ3) is 16.2. The average Bonchev–Trinajstić information content (AvgIpc) is 1.99. The van der Waals surface area contributed by atoms with E-state index in [1.165, 1.54) is 0 Å². The highest BCUT2D eigenvalue weighted by atomic mass is 16.5. The van der Waals surface area contributed by atoms with E-state index in [1.54, 1.807) is 0 Å². The van der Waals surface area contributed by atoms with Crippen LogP contribution in [0.5, 0.6) is 0 Å². The van der Waals surface area contributed by atoms with E-state index in [0.717, 1.165) is 19.6 Å². The zero-order valence-corrected chi connectivity index (χ0v) is 7.56. The molecule has 70 valence electrons. The van der Waals surface area contributed by atoms with Crippen molar-refractivity contribution in [2.75, 3.05) is 19.6 Å². The van der Waals surface area contributed by atoms with Gasteiger partial charge < -0.3 is 15.1 Å². The average molecular weight is 173 g/mol. The van der Waals surface area contributed by atoms with E-state index < -0.39 is 7.32 Å². The Morgan fingerprint density at radius 2 is 1.58 bits per heavy atom. The van der Waals surface area contributed by atoms with Crippen LogP contribution in [0.1, 0.15) is 13.8 Å². The summed E-state index contributed by atoms with van der Waals surface area (Å²) in [6, 6.07) is 0. The summed E-state index contributed by atoms with van der Waals surface area (Å²) in [5.74, 6) is 2.60. The number of hydrogen-bond donors (Lipinski definition) is 3. The molecule has 0 atom stereocenters. The maximum absolute atomic E-state index is 7.17. The fraction of sp³-hybridized carbons (Fsp3) is 0.714. The molecular weight excluding hydrogens is 157 g/mol. The van der Waals surface area contributed by atoms with Crippen LogP contribution in [-0.2, 0) is 0 Å². The molecule has 0 aliphatic heterocycles. The minimum absolute atomic E-state index is 0.785. The lowest BCUT2D eigenvalue weighted by Gasteiger charge is -2.12. The molecule has 0 aliphatic carbocycles. The molecule has 0 rings (SSSR count). The summed E-state index contributed by atoms with van der Waals surface area (Å²) in [7, 11) is -2.17. The van der Waals surface area contributed by atoms with Gasteiger partial charge in [-0.3, -0.25) is 4.90 Å². The second kappa shape index (κ2) is 10.5. The summed E-state index contributed by atoms with van der Waals surface area (Å²) in [5, 5.41) is 21.5. The van der Waals surface area contributed by atoms with Crippen LogP contribution in [0.15, 0.2) is 0 Å². The van der Waals surface area contributed by atoms with E-state index in [9.17, 15) is 0 Å². The number of terminal acetylenes is 1. The maximum atomic E-state index is 7.17. The molecule has 3 N–H and O–H groups in total. The van der Waals surface area contributed by atoms with Crippen molar-refractivity contribution in [3.8, 4) is 12.3 Å². The van der Waals surface area contributed by atoms with E-state index in [0.29, 0.717) is 0 Å². The minimum atomic E-state index is -2.17. The van der Waals surface area contributed by atoms with Crippen LogP contribution in [0.4, 0.5) is 0 Å². The van der Waals surface area contributed by atoms with Gasteiger partial charge in [-0.15, -0.1) is 6.42 Å². The van der Waals surface area contributed by atoms with Gasteiger partial charge >= 0.3 is 7.32 Å². The summed E-state index contributed by atoms with van der Waals surface area (Å²) >= 11 is 0. The van der Waals surface area contributed by atoms with Crippen molar-refractivity contribution in [1.29, 1.82) is 0 Å². The van der Waals surface area contributed by atoms with Crippen LogP contribution < -0.4 is 0 Å². The van der Waals surface area contributed by atoms with E-state index >= 15 is 0 Å². The smallest absolute Gasteiger partial charge is 0.402 e. The highest BCUT2D eigenvalue weighted by Crippen LogP contribution is 1.81. The zero-order chi connectivity index (χ0) is 9.98. The topological polar surface area (TPSA) is 63.9 Å². The normalized spacial score (nSPS) is 8.42. The third-order valence-corrected chi connectivity index (χ3v) is 1.21. The third-order valence-electron chi connectivity index (χ3n) is 1.21. The van der Waals surface area contributed by atoms with Crippen molar-refractivity contribution in [1.82, 2.24) is 4.90 Å². The Morgan fingerprint density at radius 3 is 1.67 bits per heavy atom. The predicted molar refractivity (Wildman–Crippen MR) is 49.0 cm³/mol. The first-order valence-electron chi connectivity index (χ1n) is 3.78. The van der Waals surface area contributed by atoms with Crippen molar-refractivity contribution >= 4 is 7.32 Å². The van der Waals surface area contributed by atoms with Crippen LogP contribution in [0.2, 0.25) is 0 Å². The molecule has 0 heterocycles. The fourth-order valence-electron chi connectivity index (χ4n) is 0.576. The van der Waals surface area contributed by atoms with E-state index in [1.807, 2.05) is 0 Å². The lowest BCUT2D eigenvalue weighted by Crippen LogP contribution is -2.22. The summed E-state index contributed by atoms with van der Waals surface area (Å²) in [4.78, 5) is 2.19. The van der Waals surface area contributed by atoms with E-state index in [-0.39, 0.29) is 0 Å². The van der Waals surface area contributed by atoms with Gasteiger partial charge in [0.15, 0.2) is 0 Å². The molecule has 4 nitrogen and oxygen atoms in total. The maximum Gasteiger partial charge on any atom is 0.631 e. The molecule has 0 aromatic rings. The second-order valence-electron chi connectivity index (χ2n) is 2.01. The molecule has 0 aliphatic rings. The molecule has 0 radical (unpaired) electrons. The highest BCUT2D eigenvalue weighted by molar-refractivity contribution is 6.30. The molecule has 0 unspecified atom stereocenters. The first-order chi connectivity index (χ1) is 5.58. The van der Waals surface area contributed by atoms with E-state index in [2.05, 4.69) is 24.7 Å². The SMILES string of the molecule is C#CCN(CC)CC.OB(O)O. The first-order valence-corrected chi connectivity index (χ1v) is 3.78. The van der Waals surface area contributed by atoms with Crippen molar-refractivity contribution < 1.29 is 15.1 Å². The van der Waals surface area contributed by atoms with Crippen LogP contribution in [-0.4, -0.2) is 46.9 Å². The van der Waals surface area contributed by atoms with Gasteiger partial charge in [-0.2, -0.15) is 0 Å². The Bertz CT molecular complexity index is 118. The van der Waals surface area contributed by atoms with Crippen LogP contribution >= 0.6 is 0 Å². The molecule has 0 saturated carbocycles. The summed E-state index contributed by atoms with van der Waals surface area (Å²) < 4.78 is 0. The summed E-state index contributed by atoms with van der Waals surface area (Å²) in [6.45, 7) is 7.12. The monoisotopic (exact) mass is 173 g/mol. The zero-order valence-electron chi connectivity index (χ0n) is 7.56. The summed E-state index contributed by atoms with van der Waals surface area (Å²) in [6.07, 6.45) is 5.09. The highest BCUT2D eigenvalue weighted by Gasteiger charge is 1.92. The lowest BCUT2D eigenvalue weighted by molar-refractivity contribution is 0.278. The van der Waals surface area contributed by atoms with Gasteiger partial charge in [0.05, 0.1) is 6.54 Å². The fourth-order valence-corrected chi connectivity index (χ4v) is 0.576. The predicted octanol–water partition coefficient (Wildman–Crippen LogP) is -1.09. The van der Waals surface area contributed by atoms with Crippen molar-refractivity contribution in [2.24, 2.45) is 0 Å². The summed E-state index contributed by atoms with van der Waals surface area (Å²) in [5.41, 5.74) is 0. The molecule has 0 amide bonds. The Kier molecular flexibility index (Phi) is 12.2. The molecule has 0 saturated heterocycles. The van der Waals surface area contributed by atoms with Crippen LogP contribution in [0.25, 0.3) is 0 Å². The van der Waals surface area contributed by atoms with Crippen molar-refractivity contribution in [3.63, 3.8) is 0 Å². The Morgan fingerprint density at radius 1 is 1.25 bits per heavy atom. The number of hydrogen-bond acceptors (Lipinski definition) is 4. The molecule has 0 spiro atoms. The van der Waals surface area contributed by atoms with Gasteiger partial charge in [-0.25, -0.2) is 0 Å². The Hall–Kier alpha value is -0.535. The molecule has 0 aromatic heterocycles. The van der Waals surface area contributed by atoms with Gasteiger partial charge in [0.2, 0.25) is 0 Å². The van der Waals surface area contributed by atoms with Crippen molar-refractivity contribution in [3.05, 3.63) is 0 Å². The second-order valence-corrected chi connectivity index (χ2v) is 2.01. The minimum Gasteiger partial charge on any atom is -0.402 e. The van der Waals surface area contributed by atoms with Crippen LogP contribution in [0.3, 0.4) is 0 Å². The largest absolute Gasteiger partial charge is 0.631 e. The molecule has 0 bridgehead atoms. The Balaban J connectivity index is 0. The van der Waals surface area contributed by atoms with Crippen LogP contribution in [0, 0.1) is 12.3 Å². The first kappa shape index (κ1) is 14.0. The molecule has 0 fully saturated rings. The van der Waals surface area contributed by atoms with Gasteiger partial charge in [0, 0.05) is 0 Å². The molecule has 12 heavy (non-hydrogen) atoms. The van der Waals surface area contributed by atoms with Gasteiger partial charge in [-0.1, -0.05) is 19.8 Å². The van der Waals surface area contributed by atoms with Gasteiger partial charge in [0.25, 0.3) is 0 Å². The van der Waals surface area contributed by atoms with Gasteiger partial charge in [-0.05, 0) is 13.1 Å². The molecular formula is C7H16BNO3. The van der Waals surface area contributed by atoms with Crippen molar-refractivity contribution in [2.45, 2.75) is 13.8 Å². The quantitative estimate of drug-likeness (QED) is 0.374. The van der Waals surface area contributed by atoms with Gasteiger partial charge in [0.1, 0.15) is 0 Å². The number of rotatable bonds is 3. The standard InChI is InChI=1S/C7H13N.BH3O3/c1-4-7-8(5-2)6-3;2-1(3)4/h1H,5-7H2,2-3H3;2-4H. The number of nitrogens with zero attached hydrogens (tertiary/aromatic N) is 1. The molecule has 5 heteroatoms.